The van der Waals surface area contributed by atoms with Crippen molar-refractivity contribution < 1.29 is 4.52 Å². The highest BCUT2D eigenvalue weighted by atomic mass is 32.2. The van der Waals surface area contributed by atoms with E-state index >= 15 is 0 Å². The molecule has 7 nitrogen and oxygen atoms in total. The molecule has 0 aliphatic rings. The highest BCUT2D eigenvalue weighted by molar-refractivity contribution is 7.98. The SMILES string of the molecule is CCCc1noc(CSc2nnnn2C(C)(C)C)n1. The van der Waals surface area contributed by atoms with Gasteiger partial charge in [0.15, 0.2) is 5.82 Å². The van der Waals surface area contributed by atoms with Crippen LogP contribution in [0.25, 0.3) is 0 Å². The van der Waals surface area contributed by atoms with E-state index in [0.717, 1.165) is 23.8 Å². The molecule has 0 aromatic carbocycles. The molecule has 0 saturated carbocycles. The summed E-state index contributed by atoms with van der Waals surface area (Å²) in [7, 11) is 0. The van der Waals surface area contributed by atoms with Crippen LogP contribution in [0.5, 0.6) is 0 Å². The molecule has 0 spiro atoms. The van der Waals surface area contributed by atoms with Gasteiger partial charge in [0.25, 0.3) is 0 Å². The molecule has 0 bridgehead atoms. The first-order chi connectivity index (χ1) is 9.00. The molecule has 2 heterocycles. The summed E-state index contributed by atoms with van der Waals surface area (Å²) < 4.78 is 6.97. The van der Waals surface area contributed by atoms with Crippen LogP contribution in [-0.4, -0.2) is 30.3 Å². The lowest BCUT2D eigenvalue weighted by Crippen LogP contribution is -2.24. The Labute approximate surface area is 116 Å². The molecule has 0 atom stereocenters. The van der Waals surface area contributed by atoms with Crippen LogP contribution in [0.15, 0.2) is 9.68 Å². The molecule has 0 aliphatic carbocycles. The zero-order chi connectivity index (χ0) is 13.9. The van der Waals surface area contributed by atoms with E-state index in [2.05, 4.69) is 53.4 Å². The fourth-order valence-electron chi connectivity index (χ4n) is 1.49. The van der Waals surface area contributed by atoms with Crippen molar-refractivity contribution in [3.05, 3.63) is 11.7 Å². The molecule has 0 fully saturated rings. The van der Waals surface area contributed by atoms with Crippen molar-refractivity contribution in [1.82, 2.24) is 30.3 Å². The standard InChI is InChI=1S/C11H18N6OS/c1-5-6-8-12-9(18-14-8)7-19-10-13-15-16-17(10)11(2,3)4/h5-7H2,1-4H3. The molecule has 0 radical (unpaired) electrons. The normalized spacial score (nSPS) is 12.0. The Balaban J connectivity index is 2.00. The zero-order valence-corrected chi connectivity index (χ0v) is 12.4. The Morgan fingerprint density at radius 1 is 1.32 bits per heavy atom. The van der Waals surface area contributed by atoms with Crippen LogP contribution in [0.1, 0.15) is 45.8 Å². The lowest BCUT2D eigenvalue weighted by Gasteiger charge is -2.19. The van der Waals surface area contributed by atoms with Crippen molar-refractivity contribution in [3.8, 4) is 0 Å². The average Bonchev–Trinajstić information content (AvgIpc) is 2.94. The summed E-state index contributed by atoms with van der Waals surface area (Å²) in [6, 6.07) is 0. The van der Waals surface area contributed by atoms with Crippen LogP contribution in [0, 0.1) is 0 Å². The third kappa shape index (κ3) is 3.52. The van der Waals surface area contributed by atoms with Crippen molar-refractivity contribution in [2.45, 2.75) is 57.0 Å². The summed E-state index contributed by atoms with van der Waals surface area (Å²) in [4.78, 5) is 4.31. The Kier molecular flexibility index (Phi) is 4.18. The maximum atomic E-state index is 5.18. The van der Waals surface area contributed by atoms with Crippen LogP contribution in [0.3, 0.4) is 0 Å². The Morgan fingerprint density at radius 2 is 2.11 bits per heavy atom. The van der Waals surface area contributed by atoms with Crippen LogP contribution < -0.4 is 0 Å². The summed E-state index contributed by atoms with van der Waals surface area (Å²) in [5, 5.41) is 16.4. The van der Waals surface area contributed by atoms with E-state index in [1.54, 1.807) is 4.68 Å². The fraction of sp³-hybridized carbons (Fsp3) is 0.727. The number of hydrogen-bond donors (Lipinski definition) is 0. The molecule has 0 unspecified atom stereocenters. The minimum Gasteiger partial charge on any atom is -0.338 e. The lowest BCUT2D eigenvalue weighted by atomic mass is 10.1. The smallest absolute Gasteiger partial charge is 0.237 e. The first kappa shape index (κ1) is 14.0. The molecule has 2 aromatic heterocycles. The molecule has 0 N–H and O–H groups in total. The molecule has 2 rings (SSSR count). The van der Waals surface area contributed by atoms with E-state index in [9.17, 15) is 0 Å². The van der Waals surface area contributed by atoms with E-state index in [-0.39, 0.29) is 5.54 Å². The van der Waals surface area contributed by atoms with Crippen LogP contribution >= 0.6 is 11.8 Å². The van der Waals surface area contributed by atoms with E-state index in [1.165, 1.54) is 11.8 Å². The third-order valence-corrected chi connectivity index (χ3v) is 3.29. The van der Waals surface area contributed by atoms with Gasteiger partial charge in [0.05, 0.1) is 11.3 Å². The topological polar surface area (TPSA) is 82.5 Å². The van der Waals surface area contributed by atoms with Gasteiger partial charge in [-0.15, -0.1) is 5.10 Å². The van der Waals surface area contributed by atoms with Gasteiger partial charge in [0, 0.05) is 6.42 Å². The second-order valence-corrected chi connectivity index (χ2v) is 6.13. The highest BCUT2D eigenvalue weighted by Gasteiger charge is 2.20. The second kappa shape index (κ2) is 5.68. The molecule has 0 saturated heterocycles. The lowest BCUT2D eigenvalue weighted by molar-refractivity contribution is 0.321. The van der Waals surface area contributed by atoms with E-state index in [0.29, 0.717) is 11.6 Å². The Morgan fingerprint density at radius 3 is 2.79 bits per heavy atom. The summed E-state index contributed by atoms with van der Waals surface area (Å²) in [5.74, 6) is 1.94. The first-order valence-electron chi connectivity index (χ1n) is 6.24. The van der Waals surface area contributed by atoms with Gasteiger partial charge in [-0.05, 0) is 37.6 Å². The summed E-state index contributed by atoms with van der Waals surface area (Å²) >= 11 is 1.50. The Hall–Kier alpha value is -1.44. The summed E-state index contributed by atoms with van der Waals surface area (Å²) in [5.41, 5.74) is -0.145. The van der Waals surface area contributed by atoms with Crippen molar-refractivity contribution in [2.75, 3.05) is 0 Å². The maximum Gasteiger partial charge on any atom is 0.237 e. The zero-order valence-electron chi connectivity index (χ0n) is 11.6. The van der Waals surface area contributed by atoms with Gasteiger partial charge in [0.2, 0.25) is 11.0 Å². The van der Waals surface area contributed by atoms with Crippen molar-refractivity contribution in [2.24, 2.45) is 0 Å². The van der Waals surface area contributed by atoms with Gasteiger partial charge in [0.1, 0.15) is 0 Å². The number of tetrazole rings is 1. The number of hydrogen-bond acceptors (Lipinski definition) is 7. The van der Waals surface area contributed by atoms with Crippen molar-refractivity contribution >= 4 is 11.8 Å². The third-order valence-electron chi connectivity index (χ3n) is 2.38. The van der Waals surface area contributed by atoms with Crippen molar-refractivity contribution in [1.29, 1.82) is 0 Å². The predicted octanol–water partition coefficient (Wildman–Crippen LogP) is 2.06. The van der Waals surface area contributed by atoms with E-state index < -0.39 is 0 Å². The molecular weight excluding hydrogens is 264 g/mol. The number of aromatic nitrogens is 6. The molecule has 2 aromatic rings. The summed E-state index contributed by atoms with van der Waals surface area (Å²) in [6.45, 7) is 8.25. The van der Waals surface area contributed by atoms with Crippen molar-refractivity contribution in [3.63, 3.8) is 0 Å². The van der Waals surface area contributed by atoms with E-state index in [1.807, 2.05) is 0 Å². The molecular formula is C11H18N6OS. The van der Waals surface area contributed by atoms with Gasteiger partial charge < -0.3 is 4.52 Å². The minimum atomic E-state index is -0.145. The number of nitrogens with zero attached hydrogens (tertiary/aromatic N) is 6. The molecule has 0 aliphatic heterocycles. The van der Waals surface area contributed by atoms with Gasteiger partial charge >= 0.3 is 0 Å². The second-order valence-electron chi connectivity index (χ2n) is 5.19. The fourth-order valence-corrected chi connectivity index (χ4v) is 2.39. The van der Waals surface area contributed by atoms with Crippen LogP contribution in [0.2, 0.25) is 0 Å². The largest absolute Gasteiger partial charge is 0.338 e. The van der Waals surface area contributed by atoms with E-state index in [4.69, 9.17) is 4.52 Å². The number of aryl methyl sites for hydroxylation is 1. The molecule has 0 amide bonds. The number of thioether (sulfide) groups is 1. The minimum absolute atomic E-state index is 0.145. The molecule has 104 valence electrons. The van der Waals surface area contributed by atoms with Gasteiger partial charge in [-0.1, -0.05) is 23.8 Å². The Bertz CT molecular complexity index is 529. The predicted molar refractivity (Wildman–Crippen MR) is 70.7 cm³/mol. The average molecular weight is 282 g/mol. The molecule has 19 heavy (non-hydrogen) atoms. The van der Waals surface area contributed by atoms with Crippen LogP contribution in [-0.2, 0) is 17.7 Å². The highest BCUT2D eigenvalue weighted by Crippen LogP contribution is 2.23. The first-order valence-corrected chi connectivity index (χ1v) is 7.22. The molecule has 8 heteroatoms. The van der Waals surface area contributed by atoms with Gasteiger partial charge in [-0.3, -0.25) is 0 Å². The number of rotatable bonds is 5. The maximum absolute atomic E-state index is 5.18. The van der Waals surface area contributed by atoms with Gasteiger partial charge in [-0.2, -0.15) is 4.98 Å². The van der Waals surface area contributed by atoms with Gasteiger partial charge in [-0.25, -0.2) is 4.68 Å². The quantitative estimate of drug-likeness (QED) is 0.776. The summed E-state index contributed by atoms with van der Waals surface area (Å²) in [6.07, 6.45) is 1.85. The monoisotopic (exact) mass is 282 g/mol. The van der Waals surface area contributed by atoms with Crippen LogP contribution in [0.4, 0.5) is 0 Å².